The summed E-state index contributed by atoms with van der Waals surface area (Å²) in [7, 11) is 1.84. The normalized spacial score (nSPS) is 29.1. The Kier molecular flexibility index (Phi) is 6.84. The Hall–Kier alpha value is -0.810. The topological polar surface area (TPSA) is 40.1 Å². The first-order valence-electron chi connectivity index (χ1n) is 10.8. The maximum absolute atomic E-state index is 5.53. The maximum atomic E-state index is 5.53. The molecule has 2 unspecified atom stereocenters. The van der Waals surface area contributed by atoms with Gasteiger partial charge in [0.15, 0.2) is 5.96 Å². The molecule has 0 aromatic rings. The molecular weight excluding hydrogens is 324 g/mol. The summed E-state index contributed by atoms with van der Waals surface area (Å²) in [6.45, 7) is 13.3. The summed E-state index contributed by atoms with van der Waals surface area (Å²) in [6, 6.07) is 0. The van der Waals surface area contributed by atoms with Gasteiger partial charge in [-0.2, -0.15) is 0 Å². The Balaban J connectivity index is 1.59. The van der Waals surface area contributed by atoms with Crippen molar-refractivity contribution in [3.8, 4) is 0 Å². The van der Waals surface area contributed by atoms with E-state index in [9.17, 15) is 0 Å². The third kappa shape index (κ3) is 4.72. The second-order valence-corrected chi connectivity index (χ2v) is 9.11. The van der Waals surface area contributed by atoms with Gasteiger partial charge in [-0.15, -0.1) is 0 Å². The third-order valence-corrected chi connectivity index (χ3v) is 6.86. The van der Waals surface area contributed by atoms with Crippen LogP contribution >= 0.6 is 0 Å². The number of methoxy groups -OCH3 is 1. The minimum Gasteiger partial charge on any atom is -0.381 e. The number of fused-ring (bicyclic) bond motifs is 1. The summed E-state index contributed by atoms with van der Waals surface area (Å²) in [5.41, 5.74) is 0.103. The fraction of sp³-hybridized carbons (Fsp3) is 0.952. The summed E-state index contributed by atoms with van der Waals surface area (Å²) >= 11 is 0. The minimum atomic E-state index is 0.103. The smallest absolute Gasteiger partial charge is 0.193 e. The van der Waals surface area contributed by atoms with Crippen molar-refractivity contribution in [1.82, 2.24) is 15.1 Å². The van der Waals surface area contributed by atoms with Crippen molar-refractivity contribution < 1.29 is 4.74 Å². The van der Waals surface area contributed by atoms with E-state index >= 15 is 0 Å². The van der Waals surface area contributed by atoms with Crippen molar-refractivity contribution in [2.24, 2.45) is 16.8 Å². The highest BCUT2D eigenvalue weighted by Crippen LogP contribution is 2.36. The number of aliphatic imine (C=N–C) groups is 1. The molecule has 0 aromatic heterocycles. The van der Waals surface area contributed by atoms with Gasteiger partial charge in [-0.05, 0) is 58.3 Å². The monoisotopic (exact) mass is 364 g/mol. The molecule has 0 aromatic carbocycles. The number of hydrogen-bond acceptors (Lipinski definition) is 3. The van der Waals surface area contributed by atoms with Crippen LogP contribution in [0, 0.1) is 11.8 Å². The Labute approximate surface area is 160 Å². The molecule has 3 rings (SSSR count). The summed E-state index contributed by atoms with van der Waals surface area (Å²) in [5.74, 6) is 2.93. The molecule has 2 heterocycles. The van der Waals surface area contributed by atoms with Crippen LogP contribution in [0.2, 0.25) is 0 Å². The van der Waals surface area contributed by atoms with Crippen LogP contribution < -0.4 is 5.32 Å². The quantitative estimate of drug-likeness (QED) is 0.601. The summed E-state index contributed by atoms with van der Waals surface area (Å²) in [5, 5.41) is 3.56. The first-order valence-corrected chi connectivity index (χ1v) is 10.8. The molecule has 2 aliphatic heterocycles. The van der Waals surface area contributed by atoms with Crippen LogP contribution in [-0.4, -0.2) is 73.8 Å². The molecule has 1 aliphatic carbocycles. The molecule has 150 valence electrons. The van der Waals surface area contributed by atoms with Crippen LogP contribution in [0.3, 0.4) is 0 Å². The van der Waals surface area contributed by atoms with Gasteiger partial charge in [-0.25, -0.2) is 0 Å². The standard InChI is InChI=1S/C21H40N4O/c1-5-22-20(24-14-17-8-6-7-9-18(17)15-24)23-16-21(2,3)25-12-10-19(26-4)11-13-25/h17-19H,5-16H2,1-4H3,(H,22,23). The summed E-state index contributed by atoms with van der Waals surface area (Å²) in [6.07, 6.45) is 8.40. The fourth-order valence-electron chi connectivity index (χ4n) is 5.07. The number of likely N-dealkylation sites (tertiary alicyclic amines) is 2. The Bertz CT molecular complexity index is 457. The number of rotatable bonds is 5. The minimum absolute atomic E-state index is 0.103. The molecule has 26 heavy (non-hydrogen) atoms. The molecule has 0 amide bonds. The van der Waals surface area contributed by atoms with Crippen molar-refractivity contribution in [2.45, 2.75) is 70.9 Å². The van der Waals surface area contributed by atoms with Gasteiger partial charge < -0.3 is 15.0 Å². The van der Waals surface area contributed by atoms with Gasteiger partial charge in [-0.3, -0.25) is 9.89 Å². The molecule has 5 nitrogen and oxygen atoms in total. The van der Waals surface area contributed by atoms with Gasteiger partial charge in [0, 0.05) is 45.4 Å². The van der Waals surface area contributed by atoms with Crippen LogP contribution in [0.15, 0.2) is 4.99 Å². The zero-order valence-electron chi connectivity index (χ0n) is 17.5. The van der Waals surface area contributed by atoms with E-state index in [1.54, 1.807) is 0 Å². The second-order valence-electron chi connectivity index (χ2n) is 9.11. The van der Waals surface area contributed by atoms with Crippen LogP contribution in [0.4, 0.5) is 0 Å². The van der Waals surface area contributed by atoms with E-state index in [0.717, 1.165) is 56.8 Å². The number of nitrogens with zero attached hydrogens (tertiary/aromatic N) is 3. The Morgan fingerprint density at radius 1 is 1.08 bits per heavy atom. The highest BCUT2D eigenvalue weighted by molar-refractivity contribution is 5.80. The van der Waals surface area contributed by atoms with Crippen molar-refractivity contribution in [3.63, 3.8) is 0 Å². The van der Waals surface area contributed by atoms with Gasteiger partial charge in [-0.1, -0.05) is 12.8 Å². The number of piperidine rings is 1. The maximum Gasteiger partial charge on any atom is 0.193 e. The zero-order chi connectivity index (χ0) is 18.6. The first kappa shape index (κ1) is 19.9. The molecule has 1 N–H and O–H groups in total. The average molecular weight is 365 g/mol. The van der Waals surface area contributed by atoms with Crippen molar-refractivity contribution in [2.75, 3.05) is 46.4 Å². The van der Waals surface area contributed by atoms with Gasteiger partial charge in [0.2, 0.25) is 0 Å². The number of hydrogen-bond donors (Lipinski definition) is 1. The molecule has 1 saturated carbocycles. The molecule has 3 fully saturated rings. The van der Waals surface area contributed by atoms with Crippen LogP contribution in [0.1, 0.15) is 59.3 Å². The van der Waals surface area contributed by atoms with E-state index < -0.39 is 0 Å². The fourth-order valence-corrected chi connectivity index (χ4v) is 5.07. The predicted molar refractivity (Wildman–Crippen MR) is 109 cm³/mol. The Morgan fingerprint density at radius 3 is 2.23 bits per heavy atom. The number of ether oxygens (including phenoxy) is 1. The highest BCUT2D eigenvalue weighted by atomic mass is 16.5. The van der Waals surface area contributed by atoms with E-state index in [4.69, 9.17) is 9.73 Å². The molecule has 0 bridgehead atoms. The van der Waals surface area contributed by atoms with Gasteiger partial charge in [0.1, 0.15) is 0 Å². The largest absolute Gasteiger partial charge is 0.381 e. The van der Waals surface area contributed by atoms with E-state index in [1.807, 2.05) is 7.11 Å². The lowest BCUT2D eigenvalue weighted by atomic mass is 9.82. The van der Waals surface area contributed by atoms with Gasteiger partial charge in [0.05, 0.1) is 12.6 Å². The van der Waals surface area contributed by atoms with E-state index in [1.165, 1.54) is 38.8 Å². The lowest BCUT2D eigenvalue weighted by Gasteiger charge is -2.42. The Morgan fingerprint density at radius 2 is 1.69 bits per heavy atom. The summed E-state index contributed by atoms with van der Waals surface area (Å²) in [4.78, 5) is 10.2. The lowest BCUT2D eigenvalue weighted by molar-refractivity contribution is 0.00904. The molecule has 0 spiro atoms. The molecule has 2 atom stereocenters. The molecule has 5 heteroatoms. The van der Waals surface area contributed by atoms with Crippen LogP contribution in [-0.2, 0) is 4.74 Å². The second kappa shape index (κ2) is 8.92. The van der Waals surface area contributed by atoms with E-state index in [0.29, 0.717) is 6.10 Å². The van der Waals surface area contributed by atoms with Crippen molar-refractivity contribution in [3.05, 3.63) is 0 Å². The first-order chi connectivity index (χ1) is 12.5. The van der Waals surface area contributed by atoms with Gasteiger partial charge >= 0.3 is 0 Å². The average Bonchev–Trinajstić information content (AvgIpc) is 3.09. The van der Waals surface area contributed by atoms with E-state index in [2.05, 4.69) is 35.9 Å². The third-order valence-electron chi connectivity index (χ3n) is 6.86. The van der Waals surface area contributed by atoms with Crippen molar-refractivity contribution >= 4 is 5.96 Å². The number of guanidine groups is 1. The van der Waals surface area contributed by atoms with E-state index in [-0.39, 0.29) is 5.54 Å². The molecule has 0 radical (unpaired) electrons. The van der Waals surface area contributed by atoms with Crippen LogP contribution in [0.25, 0.3) is 0 Å². The summed E-state index contributed by atoms with van der Waals surface area (Å²) < 4.78 is 5.53. The number of nitrogens with one attached hydrogen (secondary N) is 1. The van der Waals surface area contributed by atoms with Crippen LogP contribution in [0.5, 0.6) is 0 Å². The molecular formula is C21H40N4O. The molecule has 2 saturated heterocycles. The molecule has 3 aliphatic rings. The van der Waals surface area contributed by atoms with Crippen molar-refractivity contribution in [1.29, 1.82) is 0 Å². The predicted octanol–water partition coefficient (Wildman–Crippen LogP) is 2.96. The SMILES string of the molecule is CCNC(=NCC(C)(C)N1CCC(OC)CC1)N1CC2CCCCC2C1. The lowest BCUT2D eigenvalue weighted by Crippen LogP contribution is -2.51. The van der Waals surface area contributed by atoms with Gasteiger partial charge in [0.25, 0.3) is 0 Å². The highest BCUT2D eigenvalue weighted by Gasteiger charge is 2.36. The zero-order valence-corrected chi connectivity index (χ0v) is 17.5.